The van der Waals surface area contributed by atoms with Crippen molar-refractivity contribution in [3.8, 4) is 11.4 Å². The second-order valence-corrected chi connectivity index (χ2v) is 5.50. The third kappa shape index (κ3) is 4.75. The van der Waals surface area contributed by atoms with Crippen LogP contribution in [0.2, 0.25) is 0 Å². The number of carboxylic acid groups (broad SMARTS) is 1. The van der Waals surface area contributed by atoms with E-state index in [0.717, 1.165) is 24.3 Å². The summed E-state index contributed by atoms with van der Waals surface area (Å²) in [6, 6.07) is 8.64. The Morgan fingerprint density at radius 3 is 2.50 bits per heavy atom. The molecule has 1 aromatic heterocycles. The molecule has 7 nitrogen and oxygen atoms in total. The number of hydrogen-bond donors (Lipinski definition) is 2. The molecule has 0 aliphatic heterocycles. The van der Waals surface area contributed by atoms with E-state index in [9.17, 15) is 22.4 Å². The molecule has 3 aromatic rings. The Balaban J connectivity index is 1.64. The van der Waals surface area contributed by atoms with Gasteiger partial charge in [0.05, 0.1) is 17.8 Å². The van der Waals surface area contributed by atoms with Crippen molar-refractivity contribution >= 4 is 11.7 Å². The summed E-state index contributed by atoms with van der Waals surface area (Å²) in [5, 5.41) is 15.8. The van der Waals surface area contributed by atoms with Gasteiger partial charge in [0.25, 0.3) is 0 Å². The Hall–Kier alpha value is -3.63. The number of carbonyl (C=O) groups is 1. The van der Waals surface area contributed by atoms with E-state index in [4.69, 9.17) is 5.11 Å². The summed E-state index contributed by atoms with van der Waals surface area (Å²) in [6.45, 7) is 0.119. The molecule has 146 valence electrons. The van der Waals surface area contributed by atoms with Gasteiger partial charge in [0.15, 0.2) is 5.82 Å². The molecule has 0 aliphatic carbocycles. The number of aromatic nitrogens is 3. The van der Waals surface area contributed by atoms with Gasteiger partial charge < -0.3 is 15.2 Å². The van der Waals surface area contributed by atoms with Crippen molar-refractivity contribution < 1.29 is 32.2 Å². The van der Waals surface area contributed by atoms with Crippen molar-refractivity contribution in [2.45, 2.75) is 12.9 Å². The second-order valence-electron chi connectivity index (χ2n) is 5.50. The lowest BCUT2D eigenvalue weighted by Crippen LogP contribution is -2.17. The van der Waals surface area contributed by atoms with Crippen molar-refractivity contribution in [3.05, 3.63) is 66.0 Å². The van der Waals surface area contributed by atoms with Gasteiger partial charge in [0.2, 0.25) is 0 Å². The summed E-state index contributed by atoms with van der Waals surface area (Å²) in [5.41, 5.74) is 0.364. The maximum absolute atomic E-state index is 13.7. The van der Waals surface area contributed by atoms with Crippen LogP contribution in [0, 0.1) is 5.82 Å². The number of rotatable bonds is 6. The number of alkyl halides is 3. The van der Waals surface area contributed by atoms with Crippen molar-refractivity contribution in [3.63, 3.8) is 0 Å². The summed E-state index contributed by atoms with van der Waals surface area (Å²) in [4.78, 5) is 14.8. The van der Waals surface area contributed by atoms with Crippen LogP contribution < -0.4 is 10.1 Å². The monoisotopic (exact) mass is 396 g/mol. The zero-order valence-electron chi connectivity index (χ0n) is 13.9. The molecule has 1 heterocycles. The normalized spacial score (nSPS) is 11.3. The molecule has 0 radical (unpaired) electrons. The van der Waals surface area contributed by atoms with E-state index in [1.54, 1.807) is 0 Å². The molecule has 0 saturated carbocycles. The molecule has 0 amide bonds. The number of aromatic carboxylic acids is 1. The number of nitrogens with one attached hydrogen (secondary N) is 1. The minimum Gasteiger partial charge on any atom is -0.478 e. The lowest BCUT2D eigenvalue weighted by Gasteiger charge is -2.09. The smallest absolute Gasteiger partial charge is 0.478 e. The summed E-state index contributed by atoms with van der Waals surface area (Å²) in [7, 11) is 0. The van der Waals surface area contributed by atoms with Crippen molar-refractivity contribution in [1.82, 2.24) is 14.8 Å². The number of benzene rings is 2. The van der Waals surface area contributed by atoms with Crippen LogP contribution in [-0.2, 0) is 6.54 Å². The van der Waals surface area contributed by atoms with E-state index < -0.39 is 23.7 Å². The quantitative estimate of drug-likeness (QED) is 0.619. The molecule has 28 heavy (non-hydrogen) atoms. The van der Waals surface area contributed by atoms with Crippen LogP contribution in [0.5, 0.6) is 5.75 Å². The van der Waals surface area contributed by atoms with E-state index in [1.165, 1.54) is 29.2 Å². The molecule has 11 heteroatoms. The number of halogens is 4. The molecule has 0 bridgehead atoms. The van der Waals surface area contributed by atoms with E-state index in [1.807, 2.05) is 0 Å². The second kappa shape index (κ2) is 7.55. The Morgan fingerprint density at radius 1 is 1.18 bits per heavy atom. The summed E-state index contributed by atoms with van der Waals surface area (Å²) >= 11 is 0. The molecule has 0 spiro atoms. The number of anilines is 1. The summed E-state index contributed by atoms with van der Waals surface area (Å²) in [5.74, 6) is -2.27. The highest BCUT2D eigenvalue weighted by Crippen LogP contribution is 2.23. The van der Waals surface area contributed by atoms with Crippen LogP contribution in [0.25, 0.3) is 5.69 Å². The fourth-order valence-electron chi connectivity index (χ4n) is 2.28. The van der Waals surface area contributed by atoms with E-state index in [-0.39, 0.29) is 12.3 Å². The van der Waals surface area contributed by atoms with Gasteiger partial charge in [-0.15, -0.1) is 18.3 Å². The Kier molecular flexibility index (Phi) is 5.16. The van der Waals surface area contributed by atoms with E-state index >= 15 is 0 Å². The van der Waals surface area contributed by atoms with Crippen LogP contribution in [-0.4, -0.2) is 32.2 Å². The summed E-state index contributed by atoms with van der Waals surface area (Å²) in [6.07, 6.45) is -3.40. The highest BCUT2D eigenvalue weighted by Gasteiger charge is 2.31. The zero-order valence-corrected chi connectivity index (χ0v) is 13.9. The van der Waals surface area contributed by atoms with Gasteiger partial charge in [-0.3, -0.25) is 0 Å². The molecule has 0 unspecified atom stereocenters. The molecule has 0 aliphatic rings. The van der Waals surface area contributed by atoms with Gasteiger partial charge in [0.1, 0.15) is 17.9 Å². The van der Waals surface area contributed by atoms with Crippen LogP contribution in [0.4, 0.5) is 23.2 Å². The van der Waals surface area contributed by atoms with Crippen molar-refractivity contribution in [2.75, 3.05) is 5.32 Å². The number of ether oxygens (including phenoxy) is 1. The topological polar surface area (TPSA) is 89.3 Å². The Morgan fingerprint density at radius 2 is 1.89 bits per heavy atom. The fourth-order valence-corrected chi connectivity index (χ4v) is 2.28. The third-order valence-electron chi connectivity index (χ3n) is 3.52. The van der Waals surface area contributed by atoms with Crippen LogP contribution in [0.1, 0.15) is 16.2 Å². The van der Waals surface area contributed by atoms with Gasteiger partial charge in [0, 0.05) is 5.69 Å². The Bertz CT molecular complexity index is 987. The van der Waals surface area contributed by atoms with E-state index in [2.05, 4.69) is 20.1 Å². The Labute approximate surface area is 155 Å². The highest BCUT2D eigenvalue weighted by molar-refractivity contribution is 5.88. The van der Waals surface area contributed by atoms with E-state index in [0.29, 0.717) is 17.2 Å². The first-order chi connectivity index (χ1) is 13.2. The van der Waals surface area contributed by atoms with Crippen molar-refractivity contribution in [2.24, 2.45) is 0 Å². The van der Waals surface area contributed by atoms with Gasteiger partial charge in [-0.2, -0.15) is 0 Å². The lowest BCUT2D eigenvalue weighted by atomic mass is 10.2. The van der Waals surface area contributed by atoms with Crippen LogP contribution in [0.3, 0.4) is 0 Å². The zero-order chi connectivity index (χ0) is 20.3. The van der Waals surface area contributed by atoms with Crippen LogP contribution >= 0.6 is 0 Å². The molecule has 0 fully saturated rings. The molecule has 2 aromatic carbocycles. The standard InChI is InChI=1S/C17H12F4N4O3/c18-14-7-10(1-6-13(14)16(26)27)22-8-15-23-9-25(24-15)11-2-4-12(5-3-11)28-17(19,20)21/h1-7,9,22H,8H2,(H,26,27). The van der Waals surface area contributed by atoms with Gasteiger partial charge in [-0.05, 0) is 42.5 Å². The molecule has 3 rings (SSSR count). The first-order valence-corrected chi connectivity index (χ1v) is 7.75. The summed E-state index contributed by atoms with van der Waals surface area (Å²) < 4.78 is 55.3. The molecule has 0 saturated heterocycles. The van der Waals surface area contributed by atoms with Gasteiger partial charge in [-0.1, -0.05) is 0 Å². The number of hydrogen-bond acceptors (Lipinski definition) is 5. The molecule has 0 atom stereocenters. The van der Waals surface area contributed by atoms with Gasteiger partial charge in [-0.25, -0.2) is 18.9 Å². The third-order valence-corrected chi connectivity index (χ3v) is 3.52. The minimum atomic E-state index is -4.77. The first kappa shape index (κ1) is 19.1. The fraction of sp³-hybridized carbons (Fsp3) is 0.118. The predicted molar refractivity (Wildman–Crippen MR) is 88.7 cm³/mol. The first-order valence-electron chi connectivity index (χ1n) is 7.75. The van der Waals surface area contributed by atoms with Crippen LogP contribution in [0.15, 0.2) is 48.8 Å². The SMILES string of the molecule is O=C(O)c1ccc(NCc2ncn(-c3ccc(OC(F)(F)F)cc3)n2)cc1F. The van der Waals surface area contributed by atoms with Gasteiger partial charge >= 0.3 is 12.3 Å². The average Bonchev–Trinajstić information content (AvgIpc) is 3.08. The lowest BCUT2D eigenvalue weighted by molar-refractivity contribution is -0.274. The maximum Gasteiger partial charge on any atom is 0.573 e. The maximum atomic E-state index is 13.7. The molecule has 2 N–H and O–H groups in total. The largest absolute Gasteiger partial charge is 0.573 e. The highest BCUT2D eigenvalue weighted by atomic mass is 19.4. The number of nitrogens with zero attached hydrogens (tertiary/aromatic N) is 3. The van der Waals surface area contributed by atoms with Crippen molar-refractivity contribution in [1.29, 1.82) is 0 Å². The molecular weight excluding hydrogens is 384 g/mol. The minimum absolute atomic E-state index is 0.119. The average molecular weight is 396 g/mol. The predicted octanol–water partition coefficient (Wildman–Crippen LogP) is 3.62. The number of carboxylic acids is 1. The molecular formula is C17H12F4N4O3.